The van der Waals surface area contributed by atoms with Gasteiger partial charge in [-0.2, -0.15) is 10.5 Å². The molecule has 4 heteroatoms. The molecule has 0 aliphatic rings. The molecule has 0 aliphatic heterocycles. The fraction of sp³-hybridized carbons (Fsp3) is 0. The van der Waals surface area contributed by atoms with Gasteiger partial charge in [-0.15, -0.1) is 11.3 Å². The van der Waals surface area contributed by atoms with Crippen LogP contribution in [0.2, 0.25) is 0 Å². The summed E-state index contributed by atoms with van der Waals surface area (Å²) in [4.78, 5) is 0. The van der Waals surface area contributed by atoms with E-state index in [2.05, 4.69) is 72.8 Å². The van der Waals surface area contributed by atoms with E-state index in [0.717, 1.165) is 60.0 Å². The molecule has 0 saturated heterocycles. The van der Waals surface area contributed by atoms with Crippen molar-refractivity contribution >= 4 is 53.4 Å². The van der Waals surface area contributed by atoms with Crippen LogP contribution in [-0.2, 0) is 0 Å². The number of fused-ring (bicyclic) bond motifs is 6. The molecule has 0 saturated carbocycles. The second-order valence-corrected chi connectivity index (χ2v) is 11.3. The van der Waals surface area contributed by atoms with Gasteiger partial charge in [-0.25, -0.2) is 0 Å². The van der Waals surface area contributed by atoms with Crippen LogP contribution in [0.15, 0.2) is 126 Å². The summed E-state index contributed by atoms with van der Waals surface area (Å²) in [6, 6.07) is 45.4. The standard InChI is InChI=1S/C38H20N2OS/c39-21-23-9-1-2-10-24(23)36-28(30-14-7-13-29-26-11-3-5-17-34(26)41-37(29)30)20-19-25(33(36)22-40)31-15-8-16-32-27-12-4-6-18-35(27)42-38(31)32/h1-20H. The van der Waals surface area contributed by atoms with Crippen molar-refractivity contribution < 1.29 is 4.42 Å². The van der Waals surface area contributed by atoms with Crippen LogP contribution in [0.3, 0.4) is 0 Å². The van der Waals surface area contributed by atoms with Crippen molar-refractivity contribution in [3.05, 3.63) is 132 Å². The van der Waals surface area contributed by atoms with Crippen molar-refractivity contribution in [3.8, 4) is 45.5 Å². The molecule has 0 bridgehead atoms. The molecule has 2 aromatic heterocycles. The molecule has 0 fully saturated rings. The Balaban J connectivity index is 1.49. The van der Waals surface area contributed by atoms with Gasteiger partial charge >= 0.3 is 0 Å². The molecule has 2 heterocycles. The first-order chi connectivity index (χ1) is 20.8. The lowest BCUT2D eigenvalue weighted by Crippen LogP contribution is -1.96. The Kier molecular flexibility index (Phi) is 5.44. The Labute approximate surface area is 245 Å². The Morgan fingerprint density at radius 3 is 2.02 bits per heavy atom. The first kappa shape index (κ1) is 24.1. The molecule has 0 N–H and O–H groups in total. The minimum atomic E-state index is 0.518. The quantitative estimate of drug-likeness (QED) is 0.219. The largest absolute Gasteiger partial charge is 0.455 e. The first-order valence-corrected chi connectivity index (χ1v) is 14.5. The van der Waals surface area contributed by atoms with Gasteiger partial charge in [0.15, 0.2) is 0 Å². The van der Waals surface area contributed by atoms with Gasteiger partial charge in [0.25, 0.3) is 0 Å². The summed E-state index contributed by atoms with van der Waals surface area (Å²) in [6.45, 7) is 0. The molecule has 42 heavy (non-hydrogen) atoms. The van der Waals surface area contributed by atoms with E-state index in [4.69, 9.17) is 4.42 Å². The smallest absolute Gasteiger partial charge is 0.143 e. The van der Waals surface area contributed by atoms with Crippen LogP contribution in [0.5, 0.6) is 0 Å². The molecule has 0 atom stereocenters. The number of thiophene rings is 1. The van der Waals surface area contributed by atoms with Crippen LogP contribution in [0, 0.1) is 22.7 Å². The van der Waals surface area contributed by atoms with Crippen LogP contribution in [0.1, 0.15) is 11.1 Å². The van der Waals surface area contributed by atoms with E-state index < -0.39 is 0 Å². The highest BCUT2D eigenvalue weighted by Gasteiger charge is 2.23. The fourth-order valence-corrected chi connectivity index (χ4v) is 7.39. The molecule has 0 aliphatic carbocycles. The van der Waals surface area contributed by atoms with Gasteiger partial charge in [0, 0.05) is 58.8 Å². The van der Waals surface area contributed by atoms with Crippen LogP contribution in [-0.4, -0.2) is 0 Å². The summed E-state index contributed by atoms with van der Waals surface area (Å²) >= 11 is 1.74. The van der Waals surface area contributed by atoms with E-state index in [0.29, 0.717) is 11.1 Å². The van der Waals surface area contributed by atoms with Crippen molar-refractivity contribution in [1.29, 1.82) is 10.5 Å². The van der Waals surface area contributed by atoms with Gasteiger partial charge < -0.3 is 4.42 Å². The summed E-state index contributed by atoms with van der Waals surface area (Å²) in [5.41, 5.74) is 7.68. The SMILES string of the molecule is N#Cc1ccccc1-c1c(-c2cccc3c2oc2ccccc23)ccc(-c2cccc3c2sc2ccccc23)c1C#N. The lowest BCUT2D eigenvalue weighted by Gasteiger charge is -2.17. The maximum Gasteiger partial charge on any atom is 0.143 e. The van der Waals surface area contributed by atoms with Gasteiger partial charge in [-0.1, -0.05) is 103 Å². The summed E-state index contributed by atoms with van der Waals surface area (Å²) in [6.07, 6.45) is 0. The van der Waals surface area contributed by atoms with Crippen molar-refractivity contribution in [1.82, 2.24) is 0 Å². The van der Waals surface area contributed by atoms with Crippen molar-refractivity contribution in [3.63, 3.8) is 0 Å². The number of rotatable bonds is 3. The lowest BCUT2D eigenvalue weighted by atomic mass is 9.84. The molecular weight excluding hydrogens is 532 g/mol. The zero-order valence-electron chi connectivity index (χ0n) is 22.3. The first-order valence-electron chi connectivity index (χ1n) is 13.6. The highest BCUT2D eigenvalue weighted by atomic mass is 32.1. The molecule has 0 amide bonds. The number of benzene rings is 6. The third-order valence-corrected chi connectivity index (χ3v) is 9.24. The lowest BCUT2D eigenvalue weighted by molar-refractivity contribution is 0.670. The molecule has 0 unspecified atom stereocenters. The molecule has 3 nitrogen and oxygen atoms in total. The highest BCUT2D eigenvalue weighted by Crippen LogP contribution is 2.47. The predicted octanol–water partition coefficient (Wildman–Crippen LogP) is 10.7. The highest BCUT2D eigenvalue weighted by molar-refractivity contribution is 7.26. The van der Waals surface area contributed by atoms with E-state index in [1.807, 2.05) is 54.6 Å². The van der Waals surface area contributed by atoms with Crippen LogP contribution >= 0.6 is 11.3 Å². The number of nitrogens with zero attached hydrogens (tertiary/aromatic N) is 2. The van der Waals surface area contributed by atoms with Crippen LogP contribution < -0.4 is 0 Å². The van der Waals surface area contributed by atoms with Gasteiger partial charge in [0.1, 0.15) is 17.2 Å². The van der Waals surface area contributed by atoms with Gasteiger partial charge in [0.05, 0.1) is 17.2 Å². The van der Waals surface area contributed by atoms with E-state index >= 15 is 0 Å². The average Bonchev–Trinajstić information content (AvgIpc) is 3.63. The predicted molar refractivity (Wildman–Crippen MR) is 172 cm³/mol. The summed E-state index contributed by atoms with van der Waals surface area (Å²) in [5.74, 6) is 0. The van der Waals surface area contributed by atoms with Gasteiger partial charge in [-0.3, -0.25) is 0 Å². The topological polar surface area (TPSA) is 60.7 Å². The second-order valence-electron chi connectivity index (χ2n) is 10.2. The summed E-state index contributed by atoms with van der Waals surface area (Å²) in [5, 5.41) is 25.4. The maximum absolute atomic E-state index is 10.8. The molecule has 0 spiro atoms. The van der Waals surface area contributed by atoms with Crippen LogP contribution in [0.4, 0.5) is 0 Å². The number of para-hydroxylation sites is 2. The molecule has 0 radical (unpaired) electrons. The Morgan fingerprint density at radius 1 is 0.500 bits per heavy atom. The third-order valence-electron chi connectivity index (χ3n) is 8.02. The second kappa shape index (κ2) is 9.46. The van der Waals surface area contributed by atoms with E-state index in [-0.39, 0.29) is 0 Å². The number of nitriles is 2. The fourth-order valence-electron chi connectivity index (χ4n) is 6.16. The number of furan rings is 1. The zero-order chi connectivity index (χ0) is 28.2. The molecule has 6 aromatic carbocycles. The number of hydrogen-bond donors (Lipinski definition) is 0. The van der Waals surface area contributed by atoms with Crippen molar-refractivity contribution in [2.75, 3.05) is 0 Å². The normalized spacial score (nSPS) is 11.3. The Morgan fingerprint density at radius 2 is 1.17 bits per heavy atom. The van der Waals surface area contributed by atoms with E-state index in [1.54, 1.807) is 17.4 Å². The minimum absolute atomic E-state index is 0.518. The molecule has 194 valence electrons. The van der Waals surface area contributed by atoms with E-state index in [1.165, 1.54) is 15.5 Å². The van der Waals surface area contributed by atoms with Crippen molar-refractivity contribution in [2.24, 2.45) is 0 Å². The third kappa shape index (κ3) is 3.50. The average molecular weight is 553 g/mol. The minimum Gasteiger partial charge on any atom is -0.455 e. The maximum atomic E-state index is 10.8. The Hall–Kier alpha value is -5.68. The molecule has 8 rings (SSSR count). The summed E-state index contributed by atoms with van der Waals surface area (Å²) < 4.78 is 8.77. The monoisotopic (exact) mass is 552 g/mol. The van der Waals surface area contributed by atoms with Crippen molar-refractivity contribution in [2.45, 2.75) is 0 Å². The molecular formula is C38H20N2OS. The number of hydrogen-bond acceptors (Lipinski definition) is 4. The van der Waals surface area contributed by atoms with E-state index in [9.17, 15) is 10.5 Å². The summed E-state index contributed by atoms with van der Waals surface area (Å²) in [7, 11) is 0. The molecule has 8 aromatic rings. The van der Waals surface area contributed by atoms with Gasteiger partial charge in [-0.05, 0) is 23.8 Å². The van der Waals surface area contributed by atoms with Crippen LogP contribution in [0.25, 0.3) is 75.5 Å². The van der Waals surface area contributed by atoms with Gasteiger partial charge in [0.2, 0.25) is 0 Å². The zero-order valence-corrected chi connectivity index (χ0v) is 23.1. The Bertz CT molecular complexity index is 2450.